The molecule has 48 valence electrons. The minimum absolute atomic E-state index is 0.205. The molecule has 0 radical (unpaired) electrons. The lowest BCUT2D eigenvalue weighted by molar-refractivity contribution is 0.357. The Hall–Kier alpha value is -1.02. The summed E-state index contributed by atoms with van der Waals surface area (Å²) in [5.41, 5.74) is -0.205. The lowest BCUT2D eigenvalue weighted by Crippen LogP contribution is -2.16. The van der Waals surface area contributed by atoms with Crippen LogP contribution in [-0.4, -0.2) is 0 Å². The van der Waals surface area contributed by atoms with Crippen molar-refractivity contribution in [2.45, 2.75) is 20.8 Å². The summed E-state index contributed by atoms with van der Waals surface area (Å²) in [4.78, 5) is 0. The fraction of sp³-hybridized carbons (Fsp3) is 0.714. The summed E-state index contributed by atoms with van der Waals surface area (Å²) in [7, 11) is 0. The quantitative estimate of drug-likeness (QED) is 0.491. The molecular formula is C7H10N2. The SMILES string of the molecule is CC(C)(C)C(C#N)C#N. The Kier molecular flexibility index (Phi) is 2.22. The minimum atomic E-state index is -0.488. The maximum Gasteiger partial charge on any atom is 0.138 e. The van der Waals surface area contributed by atoms with E-state index in [1.54, 1.807) is 0 Å². The van der Waals surface area contributed by atoms with Gasteiger partial charge in [0.1, 0.15) is 5.92 Å². The Bertz CT molecular complexity index is 149. The van der Waals surface area contributed by atoms with Gasteiger partial charge in [0.25, 0.3) is 0 Å². The van der Waals surface area contributed by atoms with Crippen LogP contribution in [-0.2, 0) is 0 Å². The molecule has 0 rings (SSSR count). The molecule has 0 aliphatic carbocycles. The number of rotatable bonds is 0. The van der Waals surface area contributed by atoms with Gasteiger partial charge in [-0.2, -0.15) is 10.5 Å². The van der Waals surface area contributed by atoms with Crippen LogP contribution in [0, 0.1) is 34.0 Å². The molecule has 0 aromatic rings. The first-order valence-corrected chi connectivity index (χ1v) is 2.81. The highest BCUT2D eigenvalue weighted by atomic mass is 14.4. The molecule has 0 aromatic heterocycles. The summed E-state index contributed by atoms with van der Waals surface area (Å²) >= 11 is 0. The summed E-state index contributed by atoms with van der Waals surface area (Å²) in [6.45, 7) is 5.64. The molecule has 0 unspecified atom stereocenters. The number of hydrogen-bond donors (Lipinski definition) is 0. The second-order valence-corrected chi connectivity index (χ2v) is 3.06. The summed E-state index contributed by atoms with van der Waals surface area (Å²) < 4.78 is 0. The molecule has 2 heteroatoms. The van der Waals surface area contributed by atoms with Gasteiger partial charge in [-0.25, -0.2) is 0 Å². The van der Waals surface area contributed by atoms with Crippen molar-refractivity contribution in [2.75, 3.05) is 0 Å². The number of hydrogen-bond acceptors (Lipinski definition) is 2. The van der Waals surface area contributed by atoms with Crippen molar-refractivity contribution in [1.29, 1.82) is 10.5 Å². The van der Waals surface area contributed by atoms with Gasteiger partial charge in [-0.1, -0.05) is 20.8 Å². The van der Waals surface area contributed by atoms with Gasteiger partial charge in [-0.3, -0.25) is 0 Å². The Balaban J connectivity index is 4.23. The molecule has 0 aromatic carbocycles. The summed E-state index contributed by atoms with van der Waals surface area (Å²) in [5, 5.41) is 16.8. The second-order valence-electron chi connectivity index (χ2n) is 3.06. The van der Waals surface area contributed by atoms with E-state index in [4.69, 9.17) is 10.5 Å². The average Bonchev–Trinajstić information content (AvgIpc) is 1.65. The maximum absolute atomic E-state index is 8.39. The highest BCUT2D eigenvalue weighted by Gasteiger charge is 2.23. The Morgan fingerprint density at radius 2 is 1.44 bits per heavy atom. The first-order valence-electron chi connectivity index (χ1n) is 2.81. The molecule has 0 spiro atoms. The van der Waals surface area contributed by atoms with Crippen molar-refractivity contribution in [3.63, 3.8) is 0 Å². The van der Waals surface area contributed by atoms with Crippen LogP contribution < -0.4 is 0 Å². The zero-order chi connectivity index (χ0) is 7.49. The normalized spacial score (nSPS) is 10.4. The van der Waals surface area contributed by atoms with E-state index in [-0.39, 0.29) is 5.41 Å². The predicted octanol–water partition coefficient (Wildman–Crippen LogP) is 1.70. The third-order valence-electron chi connectivity index (χ3n) is 1.12. The van der Waals surface area contributed by atoms with Crippen molar-refractivity contribution >= 4 is 0 Å². The highest BCUT2D eigenvalue weighted by Crippen LogP contribution is 2.23. The van der Waals surface area contributed by atoms with E-state index in [1.807, 2.05) is 32.9 Å². The maximum atomic E-state index is 8.39. The van der Waals surface area contributed by atoms with Crippen molar-refractivity contribution in [1.82, 2.24) is 0 Å². The van der Waals surface area contributed by atoms with Gasteiger partial charge in [-0.15, -0.1) is 0 Å². The first-order chi connectivity index (χ1) is 4.02. The van der Waals surface area contributed by atoms with Gasteiger partial charge in [0.15, 0.2) is 0 Å². The van der Waals surface area contributed by atoms with E-state index in [1.165, 1.54) is 0 Å². The zero-order valence-corrected chi connectivity index (χ0v) is 5.97. The van der Waals surface area contributed by atoms with Crippen LogP contribution in [0.1, 0.15) is 20.8 Å². The average molecular weight is 122 g/mol. The smallest absolute Gasteiger partial charge is 0.138 e. The van der Waals surface area contributed by atoms with Crippen molar-refractivity contribution < 1.29 is 0 Å². The van der Waals surface area contributed by atoms with Crippen molar-refractivity contribution in [3.05, 3.63) is 0 Å². The first kappa shape index (κ1) is 7.98. The summed E-state index contributed by atoms with van der Waals surface area (Å²) in [5.74, 6) is -0.488. The van der Waals surface area contributed by atoms with Gasteiger partial charge < -0.3 is 0 Å². The monoisotopic (exact) mass is 122 g/mol. The van der Waals surface area contributed by atoms with Crippen LogP contribution in [0.5, 0.6) is 0 Å². The number of nitriles is 2. The van der Waals surface area contributed by atoms with E-state index in [2.05, 4.69) is 0 Å². The zero-order valence-electron chi connectivity index (χ0n) is 5.97. The fourth-order valence-electron chi connectivity index (χ4n) is 0.416. The Morgan fingerprint density at radius 1 is 1.11 bits per heavy atom. The molecule has 0 saturated carbocycles. The van der Waals surface area contributed by atoms with Crippen LogP contribution in [0.15, 0.2) is 0 Å². The van der Waals surface area contributed by atoms with Gasteiger partial charge in [0, 0.05) is 0 Å². The lowest BCUT2D eigenvalue weighted by atomic mass is 9.83. The molecule has 0 bridgehead atoms. The molecule has 0 aliphatic rings. The van der Waals surface area contributed by atoms with Crippen LogP contribution in [0.25, 0.3) is 0 Å². The van der Waals surface area contributed by atoms with E-state index in [0.717, 1.165) is 0 Å². The Labute approximate surface area is 55.7 Å². The van der Waals surface area contributed by atoms with E-state index < -0.39 is 5.92 Å². The minimum Gasteiger partial charge on any atom is -0.197 e. The van der Waals surface area contributed by atoms with Gasteiger partial charge in [-0.05, 0) is 5.41 Å². The van der Waals surface area contributed by atoms with Crippen LogP contribution >= 0.6 is 0 Å². The molecule has 0 amide bonds. The topological polar surface area (TPSA) is 47.6 Å². The summed E-state index contributed by atoms with van der Waals surface area (Å²) in [6, 6.07) is 3.86. The van der Waals surface area contributed by atoms with E-state index >= 15 is 0 Å². The largest absolute Gasteiger partial charge is 0.197 e. The molecule has 9 heavy (non-hydrogen) atoms. The molecule has 0 saturated heterocycles. The molecule has 0 heterocycles. The van der Waals surface area contributed by atoms with Crippen LogP contribution in [0.4, 0.5) is 0 Å². The summed E-state index contributed by atoms with van der Waals surface area (Å²) in [6.07, 6.45) is 0. The molecule has 0 fully saturated rings. The Morgan fingerprint density at radius 3 is 1.44 bits per heavy atom. The third kappa shape index (κ3) is 2.15. The highest BCUT2D eigenvalue weighted by molar-refractivity contribution is 5.04. The van der Waals surface area contributed by atoms with Gasteiger partial charge >= 0.3 is 0 Å². The lowest BCUT2D eigenvalue weighted by Gasteiger charge is -2.17. The molecule has 0 atom stereocenters. The predicted molar refractivity (Wildman–Crippen MR) is 34.2 cm³/mol. The molecule has 0 aliphatic heterocycles. The van der Waals surface area contributed by atoms with Crippen LogP contribution in [0.3, 0.4) is 0 Å². The van der Waals surface area contributed by atoms with Crippen LogP contribution in [0.2, 0.25) is 0 Å². The molecule has 0 N–H and O–H groups in total. The van der Waals surface area contributed by atoms with Crippen molar-refractivity contribution in [3.8, 4) is 12.1 Å². The molecule has 2 nitrogen and oxygen atoms in total. The van der Waals surface area contributed by atoms with E-state index in [9.17, 15) is 0 Å². The van der Waals surface area contributed by atoms with Gasteiger partial charge in [0.05, 0.1) is 12.1 Å². The second kappa shape index (κ2) is 2.51. The molecular weight excluding hydrogens is 112 g/mol. The third-order valence-corrected chi connectivity index (χ3v) is 1.12. The standard InChI is InChI=1S/C7H10N2/c1-7(2,3)6(4-8)5-9/h6H,1-3H3. The number of nitrogens with zero attached hydrogens (tertiary/aromatic N) is 2. The van der Waals surface area contributed by atoms with Gasteiger partial charge in [0.2, 0.25) is 0 Å². The fourth-order valence-corrected chi connectivity index (χ4v) is 0.416. The van der Waals surface area contributed by atoms with E-state index in [0.29, 0.717) is 0 Å². The van der Waals surface area contributed by atoms with Crippen molar-refractivity contribution in [2.24, 2.45) is 11.3 Å².